The molecular weight excluding hydrogens is 344 g/mol. The molecule has 0 spiro atoms. The topological polar surface area (TPSA) is 59.3 Å². The summed E-state index contributed by atoms with van der Waals surface area (Å²) in [6.45, 7) is -0.208. The molecule has 1 aromatic carbocycles. The molecule has 120 valence electrons. The molecule has 8 heteroatoms. The van der Waals surface area contributed by atoms with Gasteiger partial charge in [-0.25, -0.2) is 21.9 Å². The first-order valence-corrected chi connectivity index (χ1v) is 8.95. The molecule has 2 heterocycles. The second-order valence-corrected chi connectivity index (χ2v) is 7.14. The number of hydrogen-bond donors (Lipinski definition) is 1. The Balaban J connectivity index is 1.78. The molecule has 1 N–H and O–H groups in total. The van der Waals surface area contributed by atoms with Crippen LogP contribution in [-0.2, 0) is 16.6 Å². The zero-order valence-corrected chi connectivity index (χ0v) is 13.3. The molecule has 0 aliphatic carbocycles. The quantitative estimate of drug-likeness (QED) is 0.758. The van der Waals surface area contributed by atoms with Crippen LogP contribution < -0.4 is 4.72 Å². The molecular formula is C15H11F2NO3S2. The first-order chi connectivity index (χ1) is 11.0. The molecule has 0 atom stereocenters. The van der Waals surface area contributed by atoms with Crippen molar-refractivity contribution < 1.29 is 21.6 Å². The Hall–Kier alpha value is -2.03. The second-order valence-electron chi connectivity index (χ2n) is 4.65. The highest BCUT2D eigenvalue weighted by atomic mass is 32.2. The van der Waals surface area contributed by atoms with Gasteiger partial charge in [0, 0.05) is 10.9 Å². The minimum atomic E-state index is -4.32. The van der Waals surface area contributed by atoms with Crippen molar-refractivity contribution in [1.29, 1.82) is 0 Å². The summed E-state index contributed by atoms with van der Waals surface area (Å²) < 4.78 is 58.9. The van der Waals surface area contributed by atoms with E-state index >= 15 is 0 Å². The van der Waals surface area contributed by atoms with Gasteiger partial charge in [-0.05, 0) is 35.7 Å². The lowest BCUT2D eigenvalue weighted by Crippen LogP contribution is -2.25. The molecule has 0 saturated carbocycles. The molecule has 2 aromatic heterocycles. The first kappa shape index (κ1) is 15.9. The predicted molar refractivity (Wildman–Crippen MR) is 82.4 cm³/mol. The number of hydrogen-bond acceptors (Lipinski definition) is 4. The van der Waals surface area contributed by atoms with Crippen LogP contribution in [-0.4, -0.2) is 8.42 Å². The standard InChI is InChI=1S/C15H11F2NO3S2/c16-12-2-1-3-13(17)15(12)23(19,20)18-8-11-4-5-14(21-11)10-6-7-22-9-10/h1-7,9,18H,8H2. The fourth-order valence-electron chi connectivity index (χ4n) is 2.01. The summed E-state index contributed by atoms with van der Waals surface area (Å²) in [6.07, 6.45) is 0. The molecule has 0 amide bonds. The molecule has 0 aliphatic rings. The Morgan fingerprint density at radius 2 is 1.83 bits per heavy atom. The minimum absolute atomic E-state index is 0.208. The van der Waals surface area contributed by atoms with Gasteiger partial charge >= 0.3 is 0 Å². The second kappa shape index (κ2) is 6.23. The third-order valence-corrected chi connectivity index (χ3v) is 5.23. The third kappa shape index (κ3) is 3.34. The molecule has 4 nitrogen and oxygen atoms in total. The van der Waals surface area contributed by atoms with Crippen LogP contribution in [0.3, 0.4) is 0 Å². The van der Waals surface area contributed by atoms with E-state index in [0.29, 0.717) is 11.5 Å². The van der Waals surface area contributed by atoms with Gasteiger partial charge in [0.2, 0.25) is 10.0 Å². The molecule has 3 aromatic rings. The van der Waals surface area contributed by atoms with Crippen molar-refractivity contribution in [2.45, 2.75) is 11.4 Å². The van der Waals surface area contributed by atoms with Crippen LogP contribution in [0.25, 0.3) is 11.3 Å². The Morgan fingerprint density at radius 1 is 1.09 bits per heavy atom. The molecule has 0 fully saturated rings. The van der Waals surface area contributed by atoms with Crippen LogP contribution in [0.15, 0.2) is 56.5 Å². The average Bonchev–Trinajstić information content (AvgIpc) is 3.16. The van der Waals surface area contributed by atoms with Crippen LogP contribution >= 0.6 is 11.3 Å². The Kier molecular flexibility index (Phi) is 4.29. The lowest BCUT2D eigenvalue weighted by molar-refractivity contribution is 0.496. The largest absolute Gasteiger partial charge is 0.460 e. The van der Waals surface area contributed by atoms with Crippen molar-refractivity contribution in [3.63, 3.8) is 0 Å². The van der Waals surface area contributed by atoms with E-state index < -0.39 is 26.6 Å². The van der Waals surface area contributed by atoms with Crippen molar-refractivity contribution in [3.8, 4) is 11.3 Å². The normalized spacial score (nSPS) is 11.7. The van der Waals surface area contributed by atoms with Crippen molar-refractivity contribution in [2.75, 3.05) is 0 Å². The Bertz CT molecular complexity index is 898. The molecule has 0 unspecified atom stereocenters. The average molecular weight is 355 g/mol. The van der Waals surface area contributed by atoms with Crippen LogP contribution in [0.1, 0.15) is 5.76 Å². The van der Waals surface area contributed by atoms with Gasteiger partial charge in [-0.15, -0.1) is 0 Å². The van der Waals surface area contributed by atoms with Gasteiger partial charge in [0.05, 0.1) is 6.54 Å². The SMILES string of the molecule is O=S(=O)(NCc1ccc(-c2ccsc2)o1)c1c(F)cccc1F. The summed E-state index contributed by atoms with van der Waals surface area (Å²) in [4.78, 5) is -0.996. The smallest absolute Gasteiger partial charge is 0.246 e. The fourth-order valence-corrected chi connectivity index (χ4v) is 3.78. The Morgan fingerprint density at radius 3 is 2.48 bits per heavy atom. The van der Waals surface area contributed by atoms with Crippen molar-refractivity contribution in [1.82, 2.24) is 4.72 Å². The number of sulfonamides is 1. The van der Waals surface area contributed by atoms with Crippen LogP contribution in [0.5, 0.6) is 0 Å². The number of nitrogens with one attached hydrogen (secondary N) is 1. The van der Waals surface area contributed by atoms with E-state index in [1.54, 1.807) is 12.1 Å². The molecule has 0 bridgehead atoms. The predicted octanol–water partition coefficient (Wildman–Crippen LogP) is 3.76. The van der Waals surface area contributed by atoms with Gasteiger partial charge in [-0.3, -0.25) is 0 Å². The van der Waals surface area contributed by atoms with E-state index in [0.717, 1.165) is 23.8 Å². The molecule has 0 saturated heterocycles. The summed E-state index contributed by atoms with van der Waals surface area (Å²) >= 11 is 1.51. The lowest BCUT2D eigenvalue weighted by atomic mass is 10.3. The molecule has 23 heavy (non-hydrogen) atoms. The first-order valence-electron chi connectivity index (χ1n) is 6.52. The number of rotatable bonds is 5. The highest BCUT2D eigenvalue weighted by Gasteiger charge is 2.23. The van der Waals surface area contributed by atoms with Gasteiger partial charge < -0.3 is 4.42 Å². The van der Waals surface area contributed by atoms with Crippen molar-refractivity contribution >= 4 is 21.4 Å². The zero-order chi connectivity index (χ0) is 16.4. The van der Waals surface area contributed by atoms with E-state index in [1.807, 2.05) is 16.8 Å². The number of benzene rings is 1. The zero-order valence-electron chi connectivity index (χ0n) is 11.6. The lowest BCUT2D eigenvalue weighted by Gasteiger charge is -2.07. The summed E-state index contributed by atoms with van der Waals surface area (Å²) in [5.41, 5.74) is 0.879. The molecule has 3 rings (SSSR count). The van der Waals surface area contributed by atoms with Gasteiger partial charge in [0.1, 0.15) is 23.2 Å². The van der Waals surface area contributed by atoms with Gasteiger partial charge in [0.25, 0.3) is 0 Å². The number of thiophene rings is 1. The van der Waals surface area contributed by atoms with Crippen LogP contribution in [0.2, 0.25) is 0 Å². The Labute approximate surface area is 135 Å². The summed E-state index contributed by atoms with van der Waals surface area (Å²) in [6, 6.07) is 8.05. The highest BCUT2D eigenvalue weighted by Crippen LogP contribution is 2.25. The maximum absolute atomic E-state index is 13.6. The van der Waals surface area contributed by atoms with Crippen LogP contribution in [0.4, 0.5) is 8.78 Å². The maximum atomic E-state index is 13.6. The fraction of sp³-hybridized carbons (Fsp3) is 0.0667. The number of halogens is 2. The van der Waals surface area contributed by atoms with E-state index in [9.17, 15) is 17.2 Å². The van der Waals surface area contributed by atoms with E-state index in [-0.39, 0.29) is 6.54 Å². The van der Waals surface area contributed by atoms with Gasteiger partial charge in [0.15, 0.2) is 4.90 Å². The summed E-state index contributed by atoms with van der Waals surface area (Å²) in [5, 5.41) is 3.78. The van der Waals surface area contributed by atoms with Gasteiger partial charge in [-0.2, -0.15) is 11.3 Å². The van der Waals surface area contributed by atoms with Crippen LogP contribution in [0, 0.1) is 11.6 Å². The van der Waals surface area contributed by atoms with Gasteiger partial charge in [-0.1, -0.05) is 6.07 Å². The minimum Gasteiger partial charge on any atom is -0.460 e. The van der Waals surface area contributed by atoms with E-state index in [1.165, 1.54) is 11.3 Å². The molecule has 0 radical (unpaired) electrons. The molecule has 0 aliphatic heterocycles. The van der Waals surface area contributed by atoms with E-state index in [4.69, 9.17) is 4.42 Å². The van der Waals surface area contributed by atoms with Crippen molar-refractivity contribution in [3.05, 3.63) is 64.6 Å². The maximum Gasteiger partial charge on any atom is 0.246 e. The third-order valence-electron chi connectivity index (χ3n) is 3.09. The summed E-state index contributed by atoms with van der Waals surface area (Å²) in [7, 11) is -4.32. The summed E-state index contributed by atoms with van der Waals surface area (Å²) in [5.74, 6) is -1.35. The van der Waals surface area contributed by atoms with E-state index in [2.05, 4.69) is 4.72 Å². The number of furan rings is 1. The van der Waals surface area contributed by atoms with Crippen molar-refractivity contribution in [2.24, 2.45) is 0 Å². The highest BCUT2D eigenvalue weighted by molar-refractivity contribution is 7.89. The monoisotopic (exact) mass is 355 g/mol.